The molecule has 6 atom stereocenters. The summed E-state index contributed by atoms with van der Waals surface area (Å²) >= 11 is 0. The molecular weight excluding hydrogens is 406 g/mol. The average molecular weight is 442 g/mol. The third kappa shape index (κ3) is 4.31. The normalized spacial score (nSPS) is 27.8. The lowest BCUT2D eigenvalue weighted by atomic mass is 9.68. The molecule has 2 aliphatic rings. The lowest BCUT2D eigenvalue weighted by Gasteiger charge is -2.34. The predicted octanol–water partition coefficient (Wildman–Crippen LogP) is 2.41. The van der Waals surface area contributed by atoms with Gasteiger partial charge in [0.05, 0.1) is 24.5 Å². The van der Waals surface area contributed by atoms with E-state index in [2.05, 4.69) is 17.6 Å². The molecule has 3 amide bonds. The predicted molar refractivity (Wildman–Crippen MR) is 124 cm³/mol. The zero-order valence-corrected chi connectivity index (χ0v) is 19.6. The van der Waals surface area contributed by atoms with Gasteiger partial charge in [0.1, 0.15) is 6.04 Å². The third-order valence-electron chi connectivity index (χ3n) is 6.88. The number of hydrogen-bond acceptors (Lipinski definition) is 4. The quantitative estimate of drug-likeness (QED) is 0.566. The van der Waals surface area contributed by atoms with Crippen molar-refractivity contribution in [2.45, 2.75) is 52.6 Å². The molecular formula is C25H35N3O4. The minimum atomic E-state index is -0.791. The molecule has 1 saturated heterocycles. The van der Waals surface area contributed by atoms with Gasteiger partial charge >= 0.3 is 0 Å². The first-order valence-corrected chi connectivity index (χ1v) is 11.5. The van der Waals surface area contributed by atoms with Crippen molar-refractivity contribution in [2.75, 3.05) is 19.0 Å². The second-order valence-electron chi connectivity index (χ2n) is 9.11. The van der Waals surface area contributed by atoms with E-state index in [4.69, 9.17) is 0 Å². The van der Waals surface area contributed by atoms with Gasteiger partial charge in [-0.3, -0.25) is 14.4 Å². The van der Waals surface area contributed by atoms with Crippen LogP contribution in [0.1, 0.15) is 37.8 Å². The molecule has 1 aliphatic heterocycles. The lowest BCUT2D eigenvalue weighted by Crippen LogP contribution is -2.49. The molecule has 0 unspecified atom stereocenters. The molecule has 0 aromatic heterocycles. The van der Waals surface area contributed by atoms with Gasteiger partial charge in [0.25, 0.3) is 0 Å². The van der Waals surface area contributed by atoms with Crippen molar-refractivity contribution in [1.29, 1.82) is 0 Å². The van der Waals surface area contributed by atoms with Crippen molar-refractivity contribution < 1.29 is 19.5 Å². The number of rotatable bonds is 7. The number of fused-ring (bicyclic) bond motifs is 1. The Morgan fingerprint density at radius 3 is 2.53 bits per heavy atom. The number of aliphatic hydroxyl groups excluding tert-OH is 1. The number of allylic oxidation sites excluding steroid dienone is 1. The first-order chi connectivity index (χ1) is 15.2. The highest BCUT2D eigenvalue weighted by Gasteiger charge is 2.57. The van der Waals surface area contributed by atoms with Crippen LogP contribution in [0.15, 0.2) is 30.4 Å². The van der Waals surface area contributed by atoms with Gasteiger partial charge < -0.3 is 20.6 Å². The number of carbonyl (C=O) groups excluding carboxylic acids is 3. The number of carbonyl (C=O) groups is 3. The van der Waals surface area contributed by atoms with Gasteiger partial charge in [-0.05, 0) is 50.3 Å². The molecule has 0 spiro atoms. The standard InChI is InChI=1S/C25H35N3O4/c1-6-7-17-10-11-18-21(20(17)23(30)26-5)25(32)28(16(4)13-29)22(18)24(31)27-19-12-14(2)8-9-15(19)3/h8-12,16-18,20-22,29H,6-7,13H2,1-5H3,(H,26,30)(H,27,31)/t16-,17-,18+,20-,21+,22+/m1/s1. The number of aryl methyl sites for hydroxylation is 2. The Kier molecular flexibility index (Phi) is 7.39. The van der Waals surface area contributed by atoms with E-state index in [9.17, 15) is 19.5 Å². The van der Waals surface area contributed by atoms with Crippen LogP contribution < -0.4 is 10.6 Å². The van der Waals surface area contributed by atoms with E-state index in [-0.39, 0.29) is 30.2 Å². The summed E-state index contributed by atoms with van der Waals surface area (Å²) in [6.45, 7) is 7.40. The Bertz CT molecular complexity index is 912. The largest absolute Gasteiger partial charge is 0.394 e. The van der Waals surface area contributed by atoms with Crippen molar-refractivity contribution in [3.63, 3.8) is 0 Å². The Hall–Kier alpha value is -2.67. The van der Waals surface area contributed by atoms with Crippen LogP contribution in [-0.2, 0) is 14.4 Å². The fraction of sp³-hybridized carbons (Fsp3) is 0.560. The molecule has 3 rings (SSSR count). The lowest BCUT2D eigenvalue weighted by molar-refractivity contribution is -0.142. The minimum absolute atomic E-state index is 0.0581. The van der Waals surface area contributed by atoms with Crippen LogP contribution in [0, 0.1) is 37.5 Å². The van der Waals surface area contributed by atoms with Crippen molar-refractivity contribution in [1.82, 2.24) is 10.2 Å². The zero-order valence-electron chi connectivity index (χ0n) is 19.6. The first-order valence-electron chi connectivity index (χ1n) is 11.5. The maximum absolute atomic E-state index is 13.6. The number of amides is 3. The van der Waals surface area contributed by atoms with Gasteiger partial charge in [-0.25, -0.2) is 0 Å². The number of nitrogens with zero attached hydrogens (tertiary/aromatic N) is 1. The molecule has 3 N–H and O–H groups in total. The van der Waals surface area contributed by atoms with E-state index in [0.29, 0.717) is 5.69 Å². The smallest absolute Gasteiger partial charge is 0.247 e. The number of likely N-dealkylation sites (tertiary alicyclic amines) is 1. The van der Waals surface area contributed by atoms with Crippen LogP contribution in [0.2, 0.25) is 0 Å². The Morgan fingerprint density at radius 2 is 1.91 bits per heavy atom. The van der Waals surface area contributed by atoms with Crippen molar-refractivity contribution in [2.24, 2.45) is 23.7 Å². The molecule has 0 bridgehead atoms. The minimum Gasteiger partial charge on any atom is -0.394 e. The molecule has 1 aromatic carbocycles. The van der Waals surface area contributed by atoms with E-state index in [1.165, 1.54) is 4.90 Å². The molecule has 1 aromatic rings. The fourth-order valence-electron chi connectivity index (χ4n) is 5.22. The summed E-state index contributed by atoms with van der Waals surface area (Å²) in [6, 6.07) is 4.50. The highest BCUT2D eigenvalue weighted by atomic mass is 16.3. The average Bonchev–Trinajstić information content (AvgIpc) is 3.07. The van der Waals surface area contributed by atoms with Crippen LogP contribution in [0.5, 0.6) is 0 Å². The zero-order chi connectivity index (χ0) is 23.6. The van der Waals surface area contributed by atoms with Gasteiger partial charge in [0, 0.05) is 18.7 Å². The molecule has 1 heterocycles. The molecule has 0 radical (unpaired) electrons. The van der Waals surface area contributed by atoms with Crippen molar-refractivity contribution in [3.8, 4) is 0 Å². The van der Waals surface area contributed by atoms with Gasteiger partial charge in [0.15, 0.2) is 0 Å². The van der Waals surface area contributed by atoms with Crippen LogP contribution in [0.25, 0.3) is 0 Å². The number of benzene rings is 1. The summed E-state index contributed by atoms with van der Waals surface area (Å²) in [4.78, 5) is 41.5. The number of hydrogen-bond donors (Lipinski definition) is 3. The van der Waals surface area contributed by atoms with Crippen LogP contribution in [-0.4, -0.2) is 53.5 Å². The first kappa shape index (κ1) is 24.0. The van der Waals surface area contributed by atoms with Gasteiger partial charge in [-0.15, -0.1) is 0 Å². The van der Waals surface area contributed by atoms with Crippen molar-refractivity contribution >= 4 is 23.4 Å². The van der Waals surface area contributed by atoms with E-state index in [0.717, 1.165) is 24.0 Å². The summed E-state index contributed by atoms with van der Waals surface area (Å²) in [5, 5.41) is 15.6. The molecule has 174 valence electrons. The molecule has 1 aliphatic carbocycles. The highest BCUT2D eigenvalue weighted by molar-refractivity contribution is 6.02. The highest BCUT2D eigenvalue weighted by Crippen LogP contribution is 2.46. The summed E-state index contributed by atoms with van der Waals surface area (Å²) in [6.07, 6.45) is 5.63. The summed E-state index contributed by atoms with van der Waals surface area (Å²) in [7, 11) is 1.58. The fourth-order valence-corrected chi connectivity index (χ4v) is 5.22. The number of nitrogens with one attached hydrogen (secondary N) is 2. The number of anilines is 1. The molecule has 32 heavy (non-hydrogen) atoms. The SMILES string of the molecule is CCC[C@@H]1C=C[C@H]2[C@H](C(=O)N([C@H](C)CO)[C@@H]2C(=O)Nc2cc(C)ccc2C)[C@@H]1C(=O)NC. The Labute approximate surface area is 190 Å². The maximum Gasteiger partial charge on any atom is 0.247 e. The monoisotopic (exact) mass is 441 g/mol. The van der Waals surface area contributed by atoms with E-state index >= 15 is 0 Å². The van der Waals surface area contributed by atoms with E-state index < -0.39 is 29.8 Å². The molecule has 7 nitrogen and oxygen atoms in total. The van der Waals surface area contributed by atoms with Gasteiger partial charge in [-0.1, -0.05) is 37.6 Å². The van der Waals surface area contributed by atoms with Crippen LogP contribution in [0.4, 0.5) is 5.69 Å². The van der Waals surface area contributed by atoms with Gasteiger partial charge in [-0.2, -0.15) is 0 Å². The summed E-state index contributed by atoms with van der Waals surface area (Å²) < 4.78 is 0. The Balaban J connectivity index is 2.02. The summed E-state index contributed by atoms with van der Waals surface area (Å²) in [5.74, 6) is -2.36. The Morgan fingerprint density at radius 1 is 1.19 bits per heavy atom. The molecule has 7 heteroatoms. The second-order valence-corrected chi connectivity index (χ2v) is 9.11. The van der Waals surface area contributed by atoms with Crippen LogP contribution >= 0.6 is 0 Å². The third-order valence-corrected chi connectivity index (χ3v) is 6.88. The maximum atomic E-state index is 13.6. The summed E-state index contributed by atoms with van der Waals surface area (Å²) in [5.41, 5.74) is 2.65. The van der Waals surface area contributed by atoms with Crippen LogP contribution in [0.3, 0.4) is 0 Å². The van der Waals surface area contributed by atoms with Crippen molar-refractivity contribution in [3.05, 3.63) is 41.5 Å². The van der Waals surface area contributed by atoms with E-state index in [1.807, 2.05) is 44.2 Å². The molecule has 1 fully saturated rings. The number of aliphatic hydroxyl groups is 1. The van der Waals surface area contributed by atoms with E-state index in [1.54, 1.807) is 14.0 Å². The van der Waals surface area contributed by atoms with Gasteiger partial charge in [0.2, 0.25) is 17.7 Å². The molecule has 0 saturated carbocycles. The second kappa shape index (κ2) is 9.86. The topological polar surface area (TPSA) is 98.7 Å².